The second-order valence-corrected chi connectivity index (χ2v) is 4.79. The molecule has 0 amide bonds. The minimum atomic E-state index is -0.354. The van der Waals surface area contributed by atoms with E-state index >= 15 is 0 Å². The molecule has 2 unspecified atom stereocenters. The summed E-state index contributed by atoms with van der Waals surface area (Å²) in [5, 5.41) is 12.5. The molecule has 0 aliphatic rings. The number of hydrogen-bond donors (Lipinski definition) is 3. The molecule has 2 atom stereocenters. The van der Waals surface area contributed by atoms with Crippen LogP contribution in [0.5, 0.6) is 0 Å². The van der Waals surface area contributed by atoms with Gasteiger partial charge in [-0.05, 0) is 37.5 Å². The van der Waals surface area contributed by atoms with Gasteiger partial charge in [0.2, 0.25) is 0 Å². The number of aliphatic hydroxyl groups excluding tert-OH is 1. The van der Waals surface area contributed by atoms with E-state index in [-0.39, 0.29) is 24.5 Å². The third-order valence-electron chi connectivity index (χ3n) is 2.85. The number of halogens is 2. The summed E-state index contributed by atoms with van der Waals surface area (Å²) >= 11 is 6.02. The van der Waals surface area contributed by atoms with Gasteiger partial charge < -0.3 is 16.2 Å². The van der Waals surface area contributed by atoms with Crippen LogP contribution in [0.4, 0.5) is 4.39 Å². The summed E-state index contributed by atoms with van der Waals surface area (Å²) in [4.78, 5) is 0. The van der Waals surface area contributed by atoms with Gasteiger partial charge in [-0.3, -0.25) is 0 Å². The van der Waals surface area contributed by atoms with Crippen molar-refractivity contribution in [2.75, 3.05) is 13.2 Å². The van der Waals surface area contributed by atoms with E-state index in [1.807, 2.05) is 6.92 Å². The predicted octanol–water partition coefficient (Wildman–Crippen LogP) is 2.23. The van der Waals surface area contributed by atoms with Gasteiger partial charge in [-0.1, -0.05) is 17.7 Å². The van der Waals surface area contributed by atoms with Crippen LogP contribution in [0.2, 0.25) is 5.02 Å². The maximum Gasteiger partial charge on any atom is 0.124 e. The maximum absolute atomic E-state index is 13.0. The van der Waals surface area contributed by atoms with E-state index in [0.29, 0.717) is 11.6 Å². The standard InChI is InChI=1S/C13H20ClFN2O/c1-9(3-2-6-18)17-13(8-16)11-5-4-10(15)7-12(11)14/h4-5,7,9,13,17-18H,2-3,6,8,16H2,1H3. The van der Waals surface area contributed by atoms with Crippen LogP contribution < -0.4 is 11.1 Å². The summed E-state index contributed by atoms with van der Waals surface area (Å²) in [5.74, 6) is -0.354. The first-order valence-electron chi connectivity index (χ1n) is 6.10. The van der Waals surface area contributed by atoms with Crippen molar-refractivity contribution in [1.82, 2.24) is 5.32 Å². The molecule has 1 aromatic carbocycles. The monoisotopic (exact) mass is 274 g/mol. The summed E-state index contributed by atoms with van der Waals surface area (Å²) < 4.78 is 13.0. The molecule has 0 saturated carbocycles. The Morgan fingerprint density at radius 1 is 1.50 bits per heavy atom. The minimum Gasteiger partial charge on any atom is -0.396 e. The Balaban J connectivity index is 2.70. The maximum atomic E-state index is 13.0. The van der Waals surface area contributed by atoms with Crippen LogP contribution in [0.3, 0.4) is 0 Å². The first-order valence-corrected chi connectivity index (χ1v) is 6.48. The van der Waals surface area contributed by atoms with E-state index in [9.17, 15) is 4.39 Å². The topological polar surface area (TPSA) is 58.3 Å². The van der Waals surface area contributed by atoms with Gasteiger partial charge >= 0.3 is 0 Å². The normalized spacial score (nSPS) is 14.5. The lowest BCUT2D eigenvalue weighted by atomic mass is 10.0. The van der Waals surface area contributed by atoms with Crippen LogP contribution in [0, 0.1) is 5.82 Å². The number of nitrogens with one attached hydrogen (secondary N) is 1. The van der Waals surface area contributed by atoms with Crippen molar-refractivity contribution in [1.29, 1.82) is 0 Å². The molecule has 1 rings (SSSR count). The largest absolute Gasteiger partial charge is 0.396 e. The fourth-order valence-electron chi connectivity index (χ4n) is 1.89. The Bertz CT molecular complexity index is 376. The molecule has 18 heavy (non-hydrogen) atoms. The fourth-order valence-corrected chi connectivity index (χ4v) is 2.19. The van der Waals surface area contributed by atoms with Gasteiger partial charge in [0, 0.05) is 30.3 Å². The van der Waals surface area contributed by atoms with E-state index in [1.165, 1.54) is 12.1 Å². The number of benzene rings is 1. The second kappa shape index (κ2) is 7.69. The summed E-state index contributed by atoms with van der Waals surface area (Å²) in [7, 11) is 0. The van der Waals surface area contributed by atoms with Gasteiger partial charge in [0.25, 0.3) is 0 Å². The SMILES string of the molecule is CC(CCCO)NC(CN)c1ccc(F)cc1Cl. The molecule has 0 saturated heterocycles. The highest BCUT2D eigenvalue weighted by molar-refractivity contribution is 6.31. The molecule has 0 aliphatic heterocycles. The van der Waals surface area contributed by atoms with Crippen LogP contribution in [0.25, 0.3) is 0 Å². The van der Waals surface area contributed by atoms with Crippen molar-refractivity contribution in [3.05, 3.63) is 34.6 Å². The average molecular weight is 275 g/mol. The van der Waals surface area contributed by atoms with Gasteiger partial charge in [0.1, 0.15) is 5.82 Å². The average Bonchev–Trinajstić information content (AvgIpc) is 2.34. The highest BCUT2D eigenvalue weighted by Crippen LogP contribution is 2.24. The molecule has 3 nitrogen and oxygen atoms in total. The van der Waals surface area contributed by atoms with Crippen molar-refractivity contribution in [2.45, 2.75) is 31.8 Å². The molecule has 0 aromatic heterocycles. The smallest absolute Gasteiger partial charge is 0.124 e. The molecule has 0 aliphatic carbocycles. The van der Waals surface area contributed by atoms with Crippen molar-refractivity contribution in [3.8, 4) is 0 Å². The Labute approximate surface area is 112 Å². The van der Waals surface area contributed by atoms with E-state index in [2.05, 4.69) is 5.32 Å². The Morgan fingerprint density at radius 2 is 2.22 bits per heavy atom. The molecule has 5 heteroatoms. The Hall–Kier alpha value is -0.680. The predicted molar refractivity (Wildman–Crippen MR) is 72.1 cm³/mol. The van der Waals surface area contributed by atoms with Crippen LogP contribution in [0.1, 0.15) is 31.4 Å². The van der Waals surface area contributed by atoms with Crippen LogP contribution in [-0.4, -0.2) is 24.3 Å². The number of nitrogens with two attached hydrogens (primary N) is 1. The second-order valence-electron chi connectivity index (χ2n) is 4.39. The van der Waals surface area contributed by atoms with Crippen LogP contribution in [-0.2, 0) is 0 Å². The number of hydrogen-bond acceptors (Lipinski definition) is 3. The summed E-state index contributed by atoms with van der Waals surface area (Å²) in [6, 6.07) is 4.43. The van der Waals surface area contributed by atoms with E-state index in [0.717, 1.165) is 18.4 Å². The number of aliphatic hydroxyl groups is 1. The van der Waals surface area contributed by atoms with E-state index < -0.39 is 0 Å². The molecule has 0 radical (unpaired) electrons. The molecule has 0 fully saturated rings. The lowest BCUT2D eigenvalue weighted by Gasteiger charge is -2.23. The summed E-state index contributed by atoms with van der Waals surface area (Å²) in [5.41, 5.74) is 6.53. The van der Waals surface area contributed by atoms with Crippen molar-refractivity contribution in [2.24, 2.45) is 5.73 Å². The van der Waals surface area contributed by atoms with Gasteiger partial charge in [0.05, 0.1) is 0 Å². The van der Waals surface area contributed by atoms with E-state index in [4.69, 9.17) is 22.4 Å². The summed E-state index contributed by atoms with van der Waals surface area (Å²) in [6.07, 6.45) is 1.59. The van der Waals surface area contributed by atoms with Crippen molar-refractivity contribution < 1.29 is 9.50 Å². The lowest BCUT2D eigenvalue weighted by Crippen LogP contribution is -2.35. The van der Waals surface area contributed by atoms with Crippen molar-refractivity contribution in [3.63, 3.8) is 0 Å². The molecule has 4 N–H and O–H groups in total. The zero-order chi connectivity index (χ0) is 13.5. The Morgan fingerprint density at radius 3 is 2.78 bits per heavy atom. The van der Waals surface area contributed by atoms with Gasteiger partial charge in [-0.2, -0.15) is 0 Å². The fraction of sp³-hybridized carbons (Fsp3) is 0.538. The first-order chi connectivity index (χ1) is 8.58. The highest BCUT2D eigenvalue weighted by atomic mass is 35.5. The highest BCUT2D eigenvalue weighted by Gasteiger charge is 2.15. The molecule has 0 spiro atoms. The van der Waals surface area contributed by atoms with Crippen LogP contribution >= 0.6 is 11.6 Å². The molecule has 0 bridgehead atoms. The molecule has 1 aromatic rings. The molecule has 102 valence electrons. The molecular formula is C13H20ClFN2O. The third-order valence-corrected chi connectivity index (χ3v) is 3.18. The molecule has 0 heterocycles. The zero-order valence-electron chi connectivity index (χ0n) is 10.5. The Kier molecular flexibility index (Phi) is 6.57. The summed E-state index contributed by atoms with van der Waals surface area (Å²) in [6.45, 7) is 2.58. The van der Waals surface area contributed by atoms with Crippen molar-refractivity contribution >= 4 is 11.6 Å². The van der Waals surface area contributed by atoms with Gasteiger partial charge in [0.15, 0.2) is 0 Å². The van der Waals surface area contributed by atoms with Crippen LogP contribution in [0.15, 0.2) is 18.2 Å². The first kappa shape index (κ1) is 15.4. The van der Waals surface area contributed by atoms with Gasteiger partial charge in [-0.25, -0.2) is 4.39 Å². The lowest BCUT2D eigenvalue weighted by molar-refractivity contribution is 0.274. The van der Waals surface area contributed by atoms with E-state index in [1.54, 1.807) is 6.07 Å². The van der Waals surface area contributed by atoms with Gasteiger partial charge in [-0.15, -0.1) is 0 Å². The quantitative estimate of drug-likeness (QED) is 0.715. The number of rotatable bonds is 7. The molecular weight excluding hydrogens is 255 g/mol. The third kappa shape index (κ3) is 4.53. The minimum absolute atomic E-state index is 0.105. The zero-order valence-corrected chi connectivity index (χ0v) is 11.3.